The standard InChI is InChI=1S/C33H40N4O3.ClH/c1-25-9-11-27(12-10-25)24-37(32(38)23-26-13-15-29(40-2)16-14-26)28-17-21-35(22-18-28)19-5-6-20-36-31-8-4-3-7-30(31)34-33(36)39;/h3-4,7-16,28H,5-6,17-24H2,1-2H3,(H,34,39);1H. The minimum Gasteiger partial charge on any atom is -0.497 e. The van der Waals surface area contributed by atoms with Crippen LogP contribution >= 0.6 is 12.4 Å². The van der Waals surface area contributed by atoms with Crippen LogP contribution in [0.3, 0.4) is 0 Å². The van der Waals surface area contributed by atoms with Crippen LogP contribution in [-0.2, 0) is 24.3 Å². The van der Waals surface area contributed by atoms with E-state index < -0.39 is 0 Å². The highest BCUT2D eigenvalue weighted by Crippen LogP contribution is 2.22. The first-order valence-electron chi connectivity index (χ1n) is 14.4. The van der Waals surface area contributed by atoms with Gasteiger partial charge < -0.3 is 19.5 Å². The van der Waals surface area contributed by atoms with Gasteiger partial charge in [-0.05, 0) is 74.5 Å². The summed E-state index contributed by atoms with van der Waals surface area (Å²) in [7, 11) is 1.65. The Bertz CT molecular complexity index is 1450. The number of rotatable bonds is 11. The number of H-pyrrole nitrogens is 1. The van der Waals surface area contributed by atoms with E-state index >= 15 is 0 Å². The zero-order chi connectivity index (χ0) is 27.9. The highest BCUT2D eigenvalue weighted by molar-refractivity contribution is 5.85. The van der Waals surface area contributed by atoms with Crippen molar-refractivity contribution in [1.29, 1.82) is 0 Å². The van der Waals surface area contributed by atoms with E-state index in [4.69, 9.17) is 4.74 Å². The molecule has 0 aliphatic carbocycles. The predicted octanol–water partition coefficient (Wildman–Crippen LogP) is 5.58. The van der Waals surface area contributed by atoms with Crippen molar-refractivity contribution in [1.82, 2.24) is 19.4 Å². The van der Waals surface area contributed by atoms with Crippen molar-refractivity contribution in [2.24, 2.45) is 0 Å². The number of hydrogen-bond acceptors (Lipinski definition) is 4. The second-order valence-corrected chi connectivity index (χ2v) is 10.9. The summed E-state index contributed by atoms with van der Waals surface area (Å²) in [6, 6.07) is 24.4. The summed E-state index contributed by atoms with van der Waals surface area (Å²) < 4.78 is 7.12. The largest absolute Gasteiger partial charge is 0.497 e. The molecule has 1 aliphatic rings. The highest BCUT2D eigenvalue weighted by atomic mass is 35.5. The summed E-state index contributed by atoms with van der Waals surface area (Å²) >= 11 is 0. The normalized spacial score (nSPS) is 14.1. The smallest absolute Gasteiger partial charge is 0.326 e. The summed E-state index contributed by atoms with van der Waals surface area (Å²) in [5, 5.41) is 0. The highest BCUT2D eigenvalue weighted by Gasteiger charge is 2.28. The third kappa shape index (κ3) is 7.80. The van der Waals surface area contributed by atoms with E-state index in [1.165, 1.54) is 11.1 Å². The molecule has 1 N–H and O–H groups in total. The van der Waals surface area contributed by atoms with Gasteiger partial charge in [0.1, 0.15) is 5.75 Å². The molecular weight excluding hydrogens is 536 g/mol. The Morgan fingerprint density at radius 2 is 1.59 bits per heavy atom. The molecule has 8 heteroatoms. The van der Waals surface area contributed by atoms with Gasteiger partial charge in [0.2, 0.25) is 5.91 Å². The number of methoxy groups -OCH3 is 1. The van der Waals surface area contributed by atoms with E-state index in [1.54, 1.807) is 7.11 Å². The molecule has 0 bridgehead atoms. The molecule has 1 amide bonds. The molecule has 7 nitrogen and oxygen atoms in total. The van der Waals surface area contributed by atoms with Gasteiger partial charge in [-0.25, -0.2) is 4.79 Å². The van der Waals surface area contributed by atoms with Crippen molar-refractivity contribution in [3.63, 3.8) is 0 Å². The first-order valence-corrected chi connectivity index (χ1v) is 14.4. The van der Waals surface area contributed by atoms with Crippen LogP contribution in [0, 0.1) is 6.92 Å². The van der Waals surface area contributed by atoms with Gasteiger partial charge in [0.05, 0.1) is 24.6 Å². The monoisotopic (exact) mass is 576 g/mol. The number of imidazole rings is 1. The second-order valence-electron chi connectivity index (χ2n) is 10.9. The summed E-state index contributed by atoms with van der Waals surface area (Å²) in [4.78, 5) is 33.5. The van der Waals surface area contributed by atoms with Crippen LogP contribution in [0.15, 0.2) is 77.6 Å². The molecule has 2 heterocycles. The average Bonchev–Trinajstić information content (AvgIpc) is 3.30. The number of benzene rings is 3. The maximum atomic E-state index is 13.6. The van der Waals surface area contributed by atoms with Crippen molar-refractivity contribution < 1.29 is 9.53 Å². The quantitative estimate of drug-likeness (QED) is 0.237. The third-order valence-corrected chi connectivity index (χ3v) is 8.09. The molecule has 5 rings (SSSR count). The Kier molecular flexibility index (Phi) is 10.7. The van der Waals surface area contributed by atoms with Crippen LogP contribution in [0.25, 0.3) is 11.0 Å². The molecule has 0 radical (unpaired) electrons. The molecule has 0 saturated carbocycles. The summed E-state index contributed by atoms with van der Waals surface area (Å²) in [6.07, 6.45) is 4.34. The van der Waals surface area contributed by atoms with Gasteiger partial charge in [-0.1, -0.05) is 54.1 Å². The molecule has 41 heavy (non-hydrogen) atoms. The Morgan fingerprint density at radius 1 is 0.927 bits per heavy atom. The summed E-state index contributed by atoms with van der Waals surface area (Å²) in [5.41, 5.74) is 5.24. The molecule has 1 fully saturated rings. The molecule has 1 saturated heterocycles. The summed E-state index contributed by atoms with van der Waals surface area (Å²) in [5.74, 6) is 0.974. The Balaban J connectivity index is 0.00000387. The Hall–Kier alpha value is -3.55. The fraction of sp³-hybridized carbons (Fsp3) is 0.394. The molecule has 1 aliphatic heterocycles. The topological polar surface area (TPSA) is 70.6 Å². The van der Waals surface area contributed by atoms with Crippen molar-refractivity contribution in [2.45, 2.75) is 58.2 Å². The molecule has 0 spiro atoms. The molecule has 3 aromatic carbocycles. The van der Waals surface area contributed by atoms with Crippen molar-refractivity contribution >= 4 is 29.3 Å². The zero-order valence-electron chi connectivity index (χ0n) is 24.1. The molecule has 1 aromatic heterocycles. The number of carbonyl (C=O) groups is 1. The van der Waals surface area contributed by atoms with Gasteiger partial charge in [-0.2, -0.15) is 0 Å². The van der Waals surface area contributed by atoms with Crippen LogP contribution in [0.5, 0.6) is 5.75 Å². The third-order valence-electron chi connectivity index (χ3n) is 8.09. The fourth-order valence-corrected chi connectivity index (χ4v) is 5.72. The number of fused-ring (bicyclic) bond motifs is 1. The van der Waals surface area contributed by atoms with Crippen molar-refractivity contribution in [3.8, 4) is 5.75 Å². The van der Waals surface area contributed by atoms with Gasteiger partial charge in [0.15, 0.2) is 0 Å². The minimum atomic E-state index is -0.0324. The number of ether oxygens (including phenoxy) is 1. The van der Waals surface area contributed by atoms with Crippen LogP contribution < -0.4 is 10.4 Å². The number of nitrogens with one attached hydrogen (secondary N) is 1. The first kappa shape index (κ1) is 30.4. The van der Waals surface area contributed by atoms with Gasteiger partial charge in [-0.3, -0.25) is 9.36 Å². The van der Waals surface area contributed by atoms with E-state index in [0.717, 1.165) is 74.2 Å². The molecule has 4 aromatic rings. The van der Waals surface area contributed by atoms with Gasteiger partial charge >= 0.3 is 5.69 Å². The lowest BCUT2D eigenvalue weighted by molar-refractivity contribution is -0.134. The van der Waals surface area contributed by atoms with Gasteiger partial charge in [0, 0.05) is 32.2 Å². The Labute approximate surface area is 248 Å². The number of unbranched alkanes of at least 4 members (excludes halogenated alkanes) is 1. The number of para-hydroxylation sites is 2. The average molecular weight is 577 g/mol. The predicted molar refractivity (Wildman–Crippen MR) is 167 cm³/mol. The maximum absolute atomic E-state index is 13.6. The number of aromatic nitrogens is 2. The number of piperidine rings is 1. The van der Waals surface area contributed by atoms with Crippen LogP contribution in [0.1, 0.15) is 42.4 Å². The lowest BCUT2D eigenvalue weighted by atomic mass is 10.00. The maximum Gasteiger partial charge on any atom is 0.326 e. The van der Waals surface area contributed by atoms with Crippen LogP contribution in [-0.4, -0.2) is 58.0 Å². The molecule has 0 unspecified atom stereocenters. The number of hydrogen-bond donors (Lipinski definition) is 1. The first-order chi connectivity index (χ1) is 19.5. The number of carbonyl (C=O) groups excluding carboxylic acids is 1. The van der Waals surface area contributed by atoms with Crippen LogP contribution in [0.2, 0.25) is 0 Å². The SMILES string of the molecule is COc1ccc(CC(=O)N(Cc2ccc(C)cc2)C2CCN(CCCCn3c(=O)[nH]c4ccccc43)CC2)cc1.Cl. The second kappa shape index (κ2) is 14.4. The van der Waals surface area contributed by atoms with E-state index in [2.05, 4.69) is 46.0 Å². The van der Waals surface area contributed by atoms with Crippen LogP contribution in [0.4, 0.5) is 0 Å². The number of likely N-dealkylation sites (tertiary alicyclic amines) is 1. The number of halogens is 1. The fourth-order valence-electron chi connectivity index (χ4n) is 5.72. The van der Waals surface area contributed by atoms with Gasteiger partial charge in [-0.15, -0.1) is 12.4 Å². The van der Waals surface area contributed by atoms with Gasteiger partial charge in [0.25, 0.3) is 0 Å². The van der Waals surface area contributed by atoms with E-state index in [9.17, 15) is 9.59 Å². The van der Waals surface area contributed by atoms with E-state index in [-0.39, 0.29) is 30.0 Å². The number of amides is 1. The Morgan fingerprint density at radius 3 is 2.29 bits per heavy atom. The number of aryl methyl sites for hydroxylation is 2. The molecular formula is C33H41ClN4O3. The zero-order valence-corrected chi connectivity index (χ0v) is 24.9. The van der Waals surface area contributed by atoms with E-state index in [0.29, 0.717) is 13.0 Å². The lowest BCUT2D eigenvalue weighted by Gasteiger charge is -2.39. The number of aromatic amines is 1. The summed E-state index contributed by atoms with van der Waals surface area (Å²) in [6.45, 7) is 6.44. The number of nitrogens with zero attached hydrogens (tertiary/aromatic N) is 3. The minimum absolute atomic E-state index is 0. The van der Waals surface area contributed by atoms with E-state index in [1.807, 2.05) is 53.1 Å². The lowest BCUT2D eigenvalue weighted by Crippen LogP contribution is -2.47. The van der Waals surface area contributed by atoms with Crippen molar-refractivity contribution in [3.05, 3.63) is 100.0 Å². The van der Waals surface area contributed by atoms with Crippen molar-refractivity contribution in [2.75, 3.05) is 26.7 Å². The molecule has 0 atom stereocenters. The molecule has 218 valence electrons.